The molecule has 0 atom stereocenters. The minimum Gasteiger partial charge on any atom is -0.291 e. The van der Waals surface area contributed by atoms with E-state index in [2.05, 4.69) is 0 Å². The van der Waals surface area contributed by atoms with Crippen molar-refractivity contribution in [3.8, 4) is 6.07 Å². The van der Waals surface area contributed by atoms with E-state index in [4.69, 9.17) is 5.26 Å². The molecule has 0 aliphatic heterocycles. The monoisotopic (exact) mass is 192 g/mol. The van der Waals surface area contributed by atoms with E-state index < -0.39 is 6.55 Å². The molecule has 0 amide bonds. The lowest BCUT2D eigenvalue weighted by atomic mass is 10.2. The number of fused-ring (bicyclic) bond motifs is 1. The molecule has 0 N–H and O–H groups in total. The number of nitriles is 1. The van der Waals surface area contributed by atoms with Gasteiger partial charge in [-0.2, -0.15) is 14.0 Å². The summed E-state index contributed by atoms with van der Waals surface area (Å²) in [6.45, 7) is -2.54. The summed E-state index contributed by atoms with van der Waals surface area (Å²) in [4.78, 5) is 0. The maximum atomic E-state index is 12.4. The lowest BCUT2D eigenvalue weighted by molar-refractivity contribution is 0.0752. The van der Waals surface area contributed by atoms with Gasteiger partial charge in [0.2, 0.25) is 0 Å². The third kappa shape index (κ3) is 1.23. The molecule has 0 saturated carbocycles. The van der Waals surface area contributed by atoms with Crippen molar-refractivity contribution in [2.75, 3.05) is 0 Å². The summed E-state index contributed by atoms with van der Waals surface area (Å²) in [5.41, 5.74) is 0.920. The number of hydrogen-bond donors (Lipinski definition) is 0. The topological polar surface area (TPSA) is 28.7 Å². The molecule has 1 aromatic heterocycles. The van der Waals surface area contributed by atoms with Crippen LogP contribution in [-0.2, 0) is 0 Å². The summed E-state index contributed by atoms with van der Waals surface area (Å²) in [5, 5.41) is 9.26. The molecule has 0 saturated heterocycles. The van der Waals surface area contributed by atoms with Gasteiger partial charge in [-0.05, 0) is 24.3 Å². The molecule has 0 unspecified atom stereocenters. The maximum absolute atomic E-state index is 12.4. The van der Waals surface area contributed by atoms with Gasteiger partial charge in [-0.3, -0.25) is 4.57 Å². The van der Waals surface area contributed by atoms with E-state index in [0.29, 0.717) is 16.5 Å². The molecular formula is C10H6F2N2. The average Bonchev–Trinajstić information content (AvgIpc) is 2.59. The minimum absolute atomic E-state index is 0.444. The predicted molar refractivity (Wildman–Crippen MR) is 47.9 cm³/mol. The summed E-state index contributed by atoms with van der Waals surface area (Å²) >= 11 is 0. The molecular weight excluding hydrogens is 186 g/mol. The van der Waals surface area contributed by atoms with Gasteiger partial charge in [-0.15, -0.1) is 0 Å². The summed E-state index contributed by atoms with van der Waals surface area (Å²) in [6, 6.07) is 8.18. The summed E-state index contributed by atoms with van der Waals surface area (Å²) < 4.78 is 25.7. The molecule has 0 aliphatic rings. The van der Waals surface area contributed by atoms with Crippen LogP contribution in [0.2, 0.25) is 0 Å². The van der Waals surface area contributed by atoms with Crippen LogP contribution in [0.4, 0.5) is 8.78 Å². The van der Waals surface area contributed by atoms with Gasteiger partial charge in [-0.1, -0.05) is 0 Å². The lowest BCUT2D eigenvalue weighted by Crippen LogP contribution is -1.94. The quantitative estimate of drug-likeness (QED) is 0.682. The summed E-state index contributed by atoms with van der Waals surface area (Å²) in [7, 11) is 0. The molecule has 0 aliphatic carbocycles. The highest BCUT2D eigenvalue weighted by atomic mass is 19.3. The predicted octanol–water partition coefficient (Wildman–Crippen LogP) is 2.91. The Morgan fingerprint density at radius 3 is 2.71 bits per heavy atom. The molecule has 1 heterocycles. The van der Waals surface area contributed by atoms with Crippen molar-refractivity contribution in [2.45, 2.75) is 6.55 Å². The maximum Gasteiger partial charge on any atom is 0.319 e. The normalized spacial score (nSPS) is 10.7. The molecule has 2 rings (SSSR count). The Bertz CT molecular complexity index is 508. The van der Waals surface area contributed by atoms with Crippen LogP contribution in [0.1, 0.15) is 12.1 Å². The molecule has 0 spiro atoms. The highest BCUT2D eigenvalue weighted by molar-refractivity contribution is 5.81. The standard InChI is InChI=1S/C10H6F2N2/c11-10(12)14-4-3-8-5-7(6-13)1-2-9(8)14/h1-5,10H. The van der Waals surface area contributed by atoms with Crippen LogP contribution in [-0.4, -0.2) is 4.57 Å². The van der Waals surface area contributed by atoms with E-state index in [9.17, 15) is 8.78 Å². The molecule has 14 heavy (non-hydrogen) atoms. The van der Waals surface area contributed by atoms with Gasteiger partial charge in [0.15, 0.2) is 0 Å². The highest BCUT2D eigenvalue weighted by Gasteiger charge is 2.08. The van der Waals surface area contributed by atoms with Crippen LogP contribution >= 0.6 is 0 Å². The van der Waals surface area contributed by atoms with Crippen LogP contribution in [0, 0.1) is 11.3 Å². The first kappa shape index (κ1) is 8.70. The summed E-state index contributed by atoms with van der Waals surface area (Å²) in [5.74, 6) is 0. The Morgan fingerprint density at radius 2 is 2.07 bits per heavy atom. The third-order valence-electron chi connectivity index (χ3n) is 2.06. The second kappa shape index (κ2) is 3.11. The number of nitrogens with zero attached hydrogens (tertiary/aromatic N) is 2. The molecule has 2 nitrogen and oxygen atoms in total. The molecule has 0 bridgehead atoms. The largest absolute Gasteiger partial charge is 0.319 e. The first-order valence-electron chi connectivity index (χ1n) is 4.01. The Morgan fingerprint density at radius 1 is 1.29 bits per heavy atom. The van der Waals surface area contributed by atoms with Crippen LogP contribution in [0.15, 0.2) is 30.5 Å². The van der Waals surface area contributed by atoms with Crippen molar-refractivity contribution in [3.63, 3.8) is 0 Å². The Labute approximate surface area is 79.0 Å². The second-order valence-corrected chi connectivity index (χ2v) is 2.89. The van der Waals surface area contributed by atoms with Crippen LogP contribution in [0.3, 0.4) is 0 Å². The number of aromatic nitrogens is 1. The van der Waals surface area contributed by atoms with E-state index in [0.717, 1.165) is 4.57 Å². The van der Waals surface area contributed by atoms with E-state index in [1.165, 1.54) is 18.3 Å². The van der Waals surface area contributed by atoms with Crippen molar-refractivity contribution in [1.82, 2.24) is 4.57 Å². The zero-order chi connectivity index (χ0) is 10.1. The zero-order valence-electron chi connectivity index (χ0n) is 7.11. The van der Waals surface area contributed by atoms with Crippen molar-refractivity contribution in [2.24, 2.45) is 0 Å². The number of alkyl halides is 2. The third-order valence-corrected chi connectivity index (χ3v) is 2.06. The van der Waals surface area contributed by atoms with E-state index in [1.54, 1.807) is 12.1 Å². The van der Waals surface area contributed by atoms with Gasteiger partial charge in [0.1, 0.15) is 0 Å². The molecule has 0 fully saturated rings. The molecule has 1 aromatic carbocycles. The number of benzene rings is 1. The smallest absolute Gasteiger partial charge is 0.291 e. The number of rotatable bonds is 1. The van der Waals surface area contributed by atoms with E-state index in [1.807, 2.05) is 6.07 Å². The fourth-order valence-electron chi connectivity index (χ4n) is 1.40. The SMILES string of the molecule is N#Cc1ccc2c(ccn2C(F)F)c1. The highest BCUT2D eigenvalue weighted by Crippen LogP contribution is 2.22. The zero-order valence-corrected chi connectivity index (χ0v) is 7.11. The molecule has 2 aromatic rings. The van der Waals surface area contributed by atoms with Crippen molar-refractivity contribution in [3.05, 3.63) is 36.0 Å². The Kier molecular flexibility index (Phi) is 1.93. The van der Waals surface area contributed by atoms with E-state index >= 15 is 0 Å². The van der Waals surface area contributed by atoms with Crippen molar-refractivity contribution in [1.29, 1.82) is 5.26 Å². The molecule has 0 radical (unpaired) electrons. The first-order valence-corrected chi connectivity index (χ1v) is 4.01. The molecule has 70 valence electrons. The van der Waals surface area contributed by atoms with Gasteiger partial charge < -0.3 is 0 Å². The first-order chi connectivity index (χ1) is 6.72. The fourth-order valence-corrected chi connectivity index (χ4v) is 1.40. The van der Waals surface area contributed by atoms with Gasteiger partial charge >= 0.3 is 6.55 Å². The average molecular weight is 192 g/mol. The minimum atomic E-state index is -2.54. The van der Waals surface area contributed by atoms with Crippen LogP contribution in [0.5, 0.6) is 0 Å². The van der Waals surface area contributed by atoms with Crippen molar-refractivity contribution < 1.29 is 8.78 Å². The lowest BCUT2D eigenvalue weighted by Gasteiger charge is -2.02. The van der Waals surface area contributed by atoms with Crippen LogP contribution in [0.25, 0.3) is 10.9 Å². The van der Waals surface area contributed by atoms with Crippen LogP contribution < -0.4 is 0 Å². The molecule has 4 heteroatoms. The Hall–Kier alpha value is -1.89. The van der Waals surface area contributed by atoms with Gasteiger partial charge in [0, 0.05) is 11.6 Å². The fraction of sp³-hybridized carbons (Fsp3) is 0.100. The summed E-state index contributed by atoms with van der Waals surface area (Å²) in [6.07, 6.45) is 1.32. The van der Waals surface area contributed by atoms with Gasteiger partial charge in [0.25, 0.3) is 0 Å². The Balaban J connectivity index is 2.67. The van der Waals surface area contributed by atoms with Gasteiger partial charge in [0.05, 0.1) is 17.1 Å². The van der Waals surface area contributed by atoms with E-state index in [-0.39, 0.29) is 0 Å². The van der Waals surface area contributed by atoms with Gasteiger partial charge in [-0.25, -0.2) is 0 Å². The number of hydrogen-bond acceptors (Lipinski definition) is 1. The number of halogens is 2. The second-order valence-electron chi connectivity index (χ2n) is 2.89. The van der Waals surface area contributed by atoms with Crippen molar-refractivity contribution >= 4 is 10.9 Å².